The number of unbranched alkanes of at least 4 members (excludes halogenated alkanes) is 4. The Labute approximate surface area is 191 Å². The average Bonchev–Trinajstić information content (AvgIpc) is 2.97. The second-order valence-electron chi connectivity index (χ2n) is 8.54. The number of aliphatic hydroxyl groups is 2. The van der Waals surface area contributed by atoms with E-state index in [0.717, 1.165) is 42.8 Å². The highest BCUT2D eigenvalue weighted by Crippen LogP contribution is 2.42. The maximum atomic E-state index is 12.0. The fourth-order valence-electron chi connectivity index (χ4n) is 3.52. The van der Waals surface area contributed by atoms with Crippen LogP contribution < -0.4 is 0 Å². The van der Waals surface area contributed by atoms with Crippen LogP contribution in [0.4, 0.5) is 0 Å². The Bertz CT molecular complexity index is 626. The summed E-state index contributed by atoms with van der Waals surface area (Å²) >= 11 is 1.56. The summed E-state index contributed by atoms with van der Waals surface area (Å²) in [5, 5.41) is 30.0. The normalized spacial score (nSPS) is 20.9. The summed E-state index contributed by atoms with van der Waals surface area (Å²) in [4.78, 5) is 23.5. The van der Waals surface area contributed by atoms with Crippen LogP contribution in [0, 0.1) is 5.92 Å². The van der Waals surface area contributed by atoms with Crippen LogP contribution in [0.2, 0.25) is 0 Å². The molecule has 7 heteroatoms. The standard InChI is InChI=1S/C24H40O6S/c1-4-6-9-14-24(3,29)15-13-18-19(25)17-20(30-22(28)11-5-2)23(18)31-16-10-7-8-12-21(26)27/h13,15,18-19,25,29H,4-12,14,16-17H2,1-3H3,(H,26,27)/b15-13+/t18-,19+,24-/m0/s1. The molecule has 0 aromatic heterocycles. The molecule has 0 radical (unpaired) electrons. The molecule has 0 amide bonds. The first-order valence-corrected chi connectivity index (χ1v) is 12.6. The van der Waals surface area contributed by atoms with Gasteiger partial charge in [-0.1, -0.05) is 51.7 Å². The number of carboxylic acids is 1. The van der Waals surface area contributed by atoms with E-state index in [4.69, 9.17) is 9.84 Å². The smallest absolute Gasteiger partial charge is 0.310 e. The molecule has 0 aliphatic heterocycles. The van der Waals surface area contributed by atoms with Crippen LogP contribution in [-0.4, -0.2) is 44.7 Å². The van der Waals surface area contributed by atoms with E-state index in [1.54, 1.807) is 24.8 Å². The number of rotatable bonds is 16. The number of ether oxygens (including phenoxy) is 1. The van der Waals surface area contributed by atoms with E-state index < -0.39 is 17.7 Å². The van der Waals surface area contributed by atoms with Crippen LogP contribution >= 0.6 is 11.8 Å². The minimum atomic E-state index is -0.941. The zero-order chi connectivity index (χ0) is 23.3. The molecular weight excluding hydrogens is 416 g/mol. The Hall–Kier alpha value is -1.31. The number of carboxylic acid groups (broad SMARTS) is 1. The van der Waals surface area contributed by atoms with E-state index in [9.17, 15) is 19.8 Å². The monoisotopic (exact) mass is 456 g/mol. The summed E-state index contributed by atoms with van der Waals surface area (Å²) in [6, 6.07) is 0. The Morgan fingerprint density at radius 3 is 2.52 bits per heavy atom. The minimum Gasteiger partial charge on any atom is -0.481 e. The van der Waals surface area contributed by atoms with Crippen LogP contribution in [0.3, 0.4) is 0 Å². The summed E-state index contributed by atoms with van der Waals surface area (Å²) in [6.45, 7) is 5.82. The van der Waals surface area contributed by atoms with Crippen molar-refractivity contribution >= 4 is 23.7 Å². The first-order valence-electron chi connectivity index (χ1n) is 11.6. The number of thioether (sulfide) groups is 1. The van der Waals surface area contributed by atoms with Crippen molar-refractivity contribution in [1.29, 1.82) is 0 Å². The van der Waals surface area contributed by atoms with Gasteiger partial charge in [0, 0.05) is 30.1 Å². The molecule has 31 heavy (non-hydrogen) atoms. The number of aliphatic carboxylic acids is 1. The number of carbonyl (C=O) groups excluding carboxylic acids is 1. The maximum absolute atomic E-state index is 12.0. The van der Waals surface area contributed by atoms with Crippen LogP contribution in [0.15, 0.2) is 22.8 Å². The van der Waals surface area contributed by atoms with Crippen molar-refractivity contribution in [3.8, 4) is 0 Å². The van der Waals surface area contributed by atoms with Gasteiger partial charge >= 0.3 is 11.9 Å². The van der Waals surface area contributed by atoms with Crippen LogP contribution in [0.25, 0.3) is 0 Å². The highest BCUT2D eigenvalue weighted by Gasteiger charge is 2.35. The van der Waals surface area contributed by atoms with E-state index >= 15 is 0 Å². The molecule has 1 aliphatic rings. The van der Waals surface area contributed by atoms with Crippen LogP contribution in [0.5, 0.6) is 0 Å². The summed E-state index contributed by atoms with van der Waals surface area (Å²) in [7, 11) is 0. The topological polar surface area (TPSA) is 104 Å². The third-order valence-corrected chi connectivity index (χ3v) is 6.62. The molecule has 1 aliphatic carbocycles. The molecule has 0 spiro atoms. The Morgan fingerprint density at radius 2 is 1.87 bits per heavy atom. The quantitative estimate of drug-likeness (QED) is 0.167. The van der Waals surface area contributed by atoms with Crippen LogP contribution in [-0.2, 0) is 14.3 Å². The van der Waals surface area contributed by atoms with E-state index in [-0.39, 0.29) is 24.7 Å². The van der Waals surface area contributed by atoms with Gasteiger partial charge in [0.15, 0.2) is 0 Å². The van der Waals surface area contributed by atoms with E-state index in [2.05, 4.69) is 6.92 Å². The lowest BCUT2D eigenvalue weighted by Gasteiger charge is -2.21. The molecule has 3 N–H and O–H groups in total. The van der Waals surface area contributed by atoms with Crippen molar-refractivity contribution in [3.63, 3.8) is 0 Å². The predicted molar refractivity (Wildman–Crippen MR) is 125 cm³/mol. The molecule has 6 nitrogen and oxygen atoms in total. The van der Waals surface area contributed by atoms with Crippen molar-refractivity contribution in [3.05, 3.63) is 22.8 Å². The predicted octanol–water partition coefficient (Wildman–Crippen LogP) is 5.19. The SMILES string of the molecule is CCCCC[C@](C)(O)/C=C/[C@@H]1C(SCCCCCC(=O)O)=C(OC(=O)CCC)C[C@H]1O. The lowest BCUT2D eigenvalue weighted by molar-refractivity contribution is -0.140. The molecular formula is C24H40O6S. The molecule has 0 saturated carbocycles. The van der Waals surface area contributed by atoms with E-state index in [1.807, 2.05) is 13.0 Å². The van der Waals surface area contributed by atoms with Crippen molar-refractivity contribution in [1.82, 2.24) is 0 Å². The molecule has 0 saturated heterocycles. The lowest BCUT2D eigenvalue weighted by atomic mass is 9.95. The van der Waals surface area contributed by atoms with Gasteiger partial charge < -0.3 is 20.1 Å². The summed E-state index contributed by atoms with van der Waals surface area (Å²) in [5.74, 6) is -0.0998. The van der Waals surface area contributed by atoms with Crippen molar-refractivity contribution in [2.24, 2.45) is 5.92 Å². The Morgan fingerprint density at radius 1 is 1.13 bits per heavy atom. The van der Waals surface area contributed by atoms with Crippen molar-refractivity contribution < 1.29 is 29.6 Å². The van der Waals surface area contributed by atoms with Gasteiger partial charge in [-0.25, -0.2) is 0 Å². The second kappa shape index (κ2) is 14.7. The molecule has 0 unspecified atom stereocenters. The summed E-state index contributed by atoms with van der Waals surface area (Å²) < 4.78 is 5.57. The van der Waals surface area contributed by atoms with Gasteiger partial charge in [-0.15, -0.1) is 11.8 Å². The van der Waals surface area contributed by atoms with Gasteiger partial charge in [0.25, 0.3) is 0 Å². The molecule has 1 rings (SSSR count). The lowest BCUT2D eigenvalue weighted by Crippen LogP contribution is -2.22. The summed E-state index contributed by atoms with van der Waals surface area (Å²) in [5.41, 5.74) is -0.941. The first kappa shape index (κ1) is 27.7. The first-order chi connectivity index (χ1) is 14.7. The molecule has 0 aromatic carbocycles. The number of hydrogen-bond acceptors (Lipinski definition) is 6. The van der Waals surface area contributed by atoms with Crippen molar-refractivity contribution in [2.45, 2.75) is 103 Å². The van der Waals surface area contributed by atoms with E-state index in [0.29, 0.717) is 31.4 Å². The minimum absolute atomic E-state index is 0.171. The second-order valence-corrected chi connectivity index (χ2v) is 9.67. The average molecular weight is 457 g/mol. The zero-order valence-corrected chi connectivity index (χ0v) is 20.1. The maximum Gasteiger partial charge on any atom is 0.310 e. The number of aliphatic hydroxyl groups excluding tert-OH is 1. The Kier molecular flexibility index (Phi) is 13.1. The molecule has 0 aromatic rings. The Balaban J connectivity index is 2.83. The third-order valence-electron chi connectivity index (χ3n) is 5.32. The molecule has 3 atom stereocenters. The van der Waals surface area contributed by atoms with Gasteiger partial charge in [-0.3, -0.25) is 9.59 Å². The number of carbonyl (C=O) groups is 2. The highest BCUT2D eigenvalue weighted by molar-refractivity contribution is 8.03. The van der Waals surface area contributed by atoms with Gasteiger partial charge in [-0.2, -0.15) is 0 Å². The fourth-order valence-corrected chi connectivity index (χ4v) is 4.80. The fraction of sp³-hybridized carbons (Fsp3) is 0.750. The van der Waals surface area contributed by atoms with Crippen LogP contribution in [0.1, 0.15) is 91.4 Å². The largest absolute Gasteiger partial charge is 0.481 e. The van der Waals surface area contributed by atoms with Gasteiger partial charge in [0.05, 0.1) is 11.7 Å². The van der Waals surface area contributed by atoms with E-state index in [1.165, 1.54) is 0 Å². The highest BCUT2D eigenvalue weighted by atomic mass is 32.2. The molecule has 0 bridgehead atoms. The zero-order valence-electron chi connectivity index (χ0n) is 19.3. The van der Waals surface area contributed by atoms with Gasteiger partial charge in [0.2, 0.25) is 0 Å². The molecule has 178 valence electrons. The van der Waals surface area contributed by atoms with Crippen molar-refractivity contribution in [2.75, 3.05) is 5.75 Å². The summed E-state index contributed by atoms with van der Waals surface area (Å²) in [6.07, 6.45) is 10.5. The molecule has 0 fully saturated rings. The third kappa shape index (κ3) is 11.2. The number of hydrogen-bond donors (Lipinski definition) is 3. The van der Waals surface area contributed by atoms with Gasteiger partial charge in [-0.05, 0) is 38.4 Å². The molecule has 0 heterocycles. The number of esters is 1. The van der Waals surface area contributed by atoms with Gasteiger partial charge in [0.1, 0.15) is 5.76 Å².